The summed E-state index contributed by atoms with van der Waals surface area (Å²) in [6.07, 6.45) is 3.02. The number of aliphatic hydroxyl groups excluding tert-OH is 1. The van der Waals surface area contributed by atoms with E-state index in [1.54, 1.807) is 7.48 Å². The first kappa shape index (κ1) is 18.4. The second-order valence-electron chi connectivity index (χ2n) is 8.56. The van der Waals surface area contributed by atoms with Crippen molar-refractivity contribution in [2.75, 3.05) is 19.6 Å². The first-order chi connectivity index (χ1) is 13.8. The fourth-order valence-corrected chi connectivity index (χ4v) is 4.67. The van der Waals surface area contributed by atoms with Crippen molar-refractivity contribution in [3.8, 4) is 0 Å². The first-order valence-corrected chi connectivity index (χ1v) is 10.6. The number of rotatable bonds is 6. The molecule has 1 saturated heterocycles. The Morgan fingerprint density at radius 2 is 1.93 bits per heavy atom. The highest BCUT2D eigenvalue weighted by molar-refractivity contribution is 6.49. The maximum atomic E-state index is 9.87. The minimum Gasteiger partial charge on any atom is -0.407 e. The van der Waals surface area contributed by atoms with E-state index >= 15 is 0 Å². The number of likely N-dealkylation sites (tertiary alicyclic amines) is 1. The topological polar surface area (TPSA) is 44.7 Å². The normalized spacial score (nSPS) is 27.4. The Balaban J connectivity index is 1.06. The van der Waals surface area contributed by atoms with Crippen LogP contribution in [0.3, 0.4) is 0 Å². The number of hydrogen-bond donors (Lipinski definition) is 2. The zero-order valence-corrected chi connectivity index (χ0v) is 16.3. The van der Waals surface area contributed by atoms with Crippen LogP contribution in [0.2, 0.25) is 0 Å². The number of aliphatic hydroxyl groups is 1. The molecule has 0 amide bonds. The average molecular weight is 375 g/mol. The number of fused-ring (bicyclic) bond motifs is 1. The van der Waals surface area contributed by atoms with Gasteiger partial charge in [-0.2, -0.15) is 0 Å². The molecule has 28 heavy (non-hydrogen) atoms. The van der Waals surface area contributed by atoms with Crippen LogP contribution in [0.4, 0.5) is 0 Å². The maximum Gasteiger partial charge on any atom is 0.334 e. The van der Waals surface area contributed by atoms with E-state index in [0.717, 1.165) is 49.0 Å². The summed E-state index contributed by atoms with van der Waals surface area (Å²) in [6.45, 7) is 4.42. The van der Waals surface area contributed by atoms with Crippen LogP contribution in [0.5, 0.6) is 0 Å². The van der Waals surface area contributed by atoms with Gasteiger partial charge >= 0.3 is 7.48 Å². The SMILES string of the molecule is OC1O[B]c2ccc(CN3CCC(CN[C@@H]4C[C@H]4c4ccccc4)CC3)cc21. The first-order valence-electron chi connectivity index (χ1n) is 10.6. The van der Waals surface area contributed by atoms with E-state index in [1.807, 2.05) is 0 Å². The monoisotopic (exact) mass is 375 g/mol. The van der Waals surface area contributed by atoms with Crippen LogP contribution in [-0.2, 0) is 11.2 Å². The molecule has 1 radical (unpaired) electrons. The Hall–Kier alpha value is -1.66. The largest absolute Gasteiger partial charge is 0.407 e. The zero-order chi connectivity index (χ0) is 18.9. The summed E-state index contributed by atoms with van der Waals surface area (Å²) >= 11 is 0. The summed E-state index contributed by atoms with van der Waals surface area (Å²) in [4.78, 5) is 2.54. The van der Waals surface area contributed by atoms with Gasteiger partial charge in [-0.25, -0.2) is 0 Å². The molecule has 2 N–H and O–H groups in total. The van der Waals surface area contributed by atoms with Gasteiger partial charge in [-0.15, -0.1) is 0 Å². The molecule has 1 saturated carbocycles. The van der Waals surface area contributed by atoms with Crippen LogP contribution in [0, 0.1) is 5.92 Å². The molecule has 0 bridgehead atoms. The molecular weight excluding hydrogens is 347 g/mol. The lowest BCUT2D eigenvalue weighted by molar-refractivity contribution is -0.00802. The molecule has 2 aliphatic heterocycles. The van der Waals surface area contributed by atoms with E-state index in [0.29, 0.717) is 6.04 Å². The standard InChI is InChI=1S/C23H28BN2O2/c27-23-20-12-17(6-7-21(20)24-28-23)15-26-10-8-16(9-11-26)14-25-22-13-19(22)18-4-2-1-3-5-18/h1-7,12,16,19,22-23,25,27H,8-11,13-15H2/t19-,22+,23?/m0/s1. The third-order valence-electron chi connectivity index (χ3n) is 6.54. The second kappa shape index (κ2) is 8.00. The Bertz CT molecular complexity index is 808. The fourth-order valence-electron chi connectivity index (χ4n) is 4.67. The molecule has 2 aromatic carbocycles. The number of hydrogen-bond acceptors (Lipinski definition) is 4. The predicted molar refractivity (Wildman–Crippen MR) is 111 cm³/mol. The Kier molecular flexibility index (Phi) is 5.25. The van der Waals surface area contributed by atoms with Crippen molar-refractivity contribution < 1.29 is 9.76 Å². The average Bonchev–Trinajstić information content (AvgIpc) is 3.44. The summed E-state index contributed by atoms with van der Waals surface area (Å²) in [5, 5.41) is 13.7. The molecular formula is C23H28BN2O2. The molecule has 0 spiro atoms. The molecule has 2 heterocycles. The predicted octanol–water partition coefficient (Wildman–Crippen LogP) is 2.31. The van der Waals surface area contributed by atoms with Crippen molar-refractivity contribution >= 4 is 12.9 Å². The Labute approximate surface area is 168 Å². The lowest BCUT2D eigenvalue weighted by atomic mass is 9.86. The third-order valence-corrected chi connectivity index (χ3v) is 6.54. The van der Waals surface area contributed by atoms with Crippen LogP contribution in [0.25, 0.3) is 0 Å². The van der Waals surface area contributed by atoms with Gasteiger partial charge in [-0.1, -0.05) is 42.5 Å². The number of nitrogens with zero attached hydrogens (tertiary/aromatic N) is 1. The van der Waals surface area contributed by atoms with Gasteiger partial charge < -0.3 is 15.1 Å². The van der Waals surface area contributed by atoms with Gasteiger partial charge in [0.15, 0.2) is 6.29 Å². The summed E-state index contributed by atoms with van der Waals surface area (Å²) in [5.41, 5.74) is 4.64. The van der Waals surface area contributed by atoms with Gasteiger partial charge in [0.25, 0.3) is 0 Å². The summed E-state index contributed by atoms with van der Waals surface area (Å²) in [5.74, 6) is 1.51. The van der Waals surface area contributed by atoms with Gasteiger partial charge in [0.05, 0.1) is 0 Å². The smallest absolute Gasteiger partial charge is 0.334 e. The number of benzene rings is 2. The summed E-state index contributed by atoms with van der Waals surface area (Å²) in [7, 11) is 1.64. The van der Waals surface area contributed by atoms with E-state index in [-0.39, 0.29) is 0 Å². The Morgan fingerprint density at radius 3 is 2.75 bits per heavy atom. The molecule has 0 aromatic heterocycles. The van der Waals surface area contributed by atoms with Crippen molar-refractivity contribution in [2.45, 2.75) is 44.1 Å². The minimum atomic E-state index is -0.797. The molecule has 2 fully saturated rings. The molecule has 5 rings (SSSR count). The van der Waals surface area contributed by atoms with Crippen molar-refractivity contribution in [3.63, 3.8) is 0 Å². The quantitative estimate of drug-likeness (QED) is 0.761. The van der Waals surface area contributed by atoms with Crippen molar-refractivity contribution in [2.24, 2.45) is 5.92 Å². The molecule has 145 valence electrons. The molecule has 3 aliphatic rings. The van der Waals surface area contributed by atoms with Crippen LogP contribution >= 0.6 is 0 Å². The molecule has 4 nitrogen and oxygen atoms in total. The summed E-state index contributed by atoms with van der Waals surface area (Å²) in [6, 6.07) is 17.9. The van der Waals surface area contributed by atoms with Crippen molar-refractivity contribution in [1.82, 2.24) is 10.2 Å². The lowest BCUT2D eigenvalue weighted by Crippen LogP contribution is -2.37. The second-order valence-corrected chi connectivity index (χ2v) is 8.56. The summed E-state index contributed by atoms with van der Waals surface area (Å²) < 4.78 is 5.18. The van der Waals surface area contributed by atoms with Crippen LogP contribution < -0.4 is 10.8 Å². The van der Waals surface area contributed by atoms with E-state index in [2.05, 4.69) is 58.7 Å². The van der Waals surface area contributed by atoms with Gasteiger partial charge in [0.2, 0.25) is 0 Å². The van der Waals surface area contributed by atoms with E-state index in [4.69, 9.17) is 4.65 Å². The van der Waals surface area contributed by atoms with Crippen LogP contribution in [0.15, 0.2) is 48.5 Å². The Morgan fingerprint density at radius 1 is 1.11 bits per heavy atom. The van der Waals surface area contributed by atoms with Gasteiger partial charge in [0, 0.05) is 24.1 Å². The van der Waals surface area contributed by atoms with Crippen molar-refractivity contribution in [1.29, 1.82) is 0 Å². The minimum absolute atomic E-state index is 0.678. The maximum absolute atomic E-state index is 9.87. The van der Waals surface area contributed by atoms with Crippen molar-refractivity contribution in [3.05, 3.63) is 65.2 Å². The number of piperidine rings is 1. The number of nitrogens with one attached hydrogen (secondary N) is 1. The fraction of sp³-hybridized carbons (Fsp3) is 0.478. The van der Waals surface area contributed by atoms with Crippen LogP contribution in [-0.4, -0.2) is 43.2 Å². The van der Waals surface area contributed by atoms with Gasteiger partial charge in [0.1, 0.15) is 0 Å². The molecule has 2 aromatic rings. The molecule has 3 atom stereocenters. The highest BCUT2D eigenvalue weighted by Gasteiger charge is 2.38. The lowest BCUT2D eigenvalue weighted by Gasteiger charge is -2.32. The highest BCUT2D eigenvalue weighted by Crippen LogP contribution is 2.40. The van der Waals surface area contributed by atoms with E-state index in [9.17, 15) is 5.11 Å². The molecule has 1 unspecified atom stereocenters. The van der Waals surface area contributed by atoms with E-state index in [1.165, 1.54) is 30.4 Å². The van der Waals surface area contributed by atoms with E-state index < -0.39 is 6.29 Å². The molecule has 5 heteroatoms. The zero-order valence-electron chi connectivity index (χ0n) is 16.3. The van der Waals surface area contributed by atoms with Crippen LogP contribution in [0.1, 0.15) is 48.2 Å². The van der Waals surface area contributed by atoms with Gasteiger partial charge in [-0.3, -0.25) is 4.90 Å². The van der Waals surface area contributed by atoms with Gasteiger partial charge in [-0.05, 0) is 67.5 Å². The third kappa shape index (κ3) is 4.03. The highest BCUT2D eigenvalue weighted by atomic mass is 16.6. The molecule has 1 aliphatic carbocycles.